The first-order chi connectivity index (χ1) is 10.6. The van der Waals surface area contributed by atoms with E-state index in [9.17, 15) is 5.11 Å². The second-order valence-electron chi connectivity index (χ2n) is 7.67. The number of phenols is 1. The molecular weight excluding hydrogens is 270 g/mol. The van der Waals surface area contributed by atoms with E-state index in [0.29, 0.717) is 17.7 Å². The summed E-state index contributed by atoms with van der Waals surface area (Å²) in [7, 11) is 0. The van der Waals surface area contributed by atoms with Gasteiger partial charge in [0.2, 0.25) is 0 Å². The van der Waals surface area contributed by atoms with Crippen molar-refractivity contribution in [1.82, 2.24) is 4.90 Å². The maximum Gasteiger partial charge on any atom is 0.115 e. The molecule has 0 saturated carbocycles. The van der Waals surface area contributed by atoms with Crippen molar-refractivity contribution in [3.05, 3.63) is 29.3 Å². The Morgan fingerprint density at radius 2 is 2.09 bits per heavy atom. The summed E-state index contributed by atoms with van der Waals surface area (Å²) in [6.07, 6.45) is 7.77. The van der Waals surface area contributed by atoms with Crippen LogP contribution >= 0.6 is 0 Å². The third-order valence-electron chi connectivity index (χ3n) is 6.41. The molecule has 1 aliphatic carbocycles. The van der Waals surface area contributed by atoms with Crippen LogP contribution in [0.3, 0.4) is 0 Å². The van der Waals surface area contributed by atoms with Gasteiger partial charge in [-0.25, -0.2) is 0 Å². The molecule has 0 spiro atoms. The second-order valence-corrected chi connectivity index (χ2v) is 7.67. The topological polar surface area (TPSA) is 23.5 Å². The Balaban J connectivity index is 1.79. The Morgan fingerprint density at radius 1 is 1.27 bits per heavy atom. The molecule has 2 nitrogen and oxygen atoms in total. The molecule has 3 atom stereocenters. The average Bonchev–Trinajstić information content (AvgIpc) is 2.50. The minimum absolute atomic E-state index is 0.233. The maximum absolute atomic E-state index is 9.89. The van der Waals surface area contributed by atoms with Gasteiger partial charge in [-0.15, -0.1) is 0 Å². The smallest absolute Gasteiger partial charge is 0.115 e. The lowest BCUT2D eigenvalue weighted by atomic mass is 9.59. The molecule has 1 unspecified atom stereocenters. The van der Waals surface area contributed by atoms with Crippen LogP contribution in [0, 0.1) is 5.92 Å². The third kappa shape index (κ3) is 2.67. The van der Waals surface area contributed by atoms with E-state index in [-0.39, 0.29) is 5.41 Å². The summed E-state index contributed by atoms with van der Waals surface area (Å²) >= 11 is 0. The van der Waals surface area contributed by atoms with Crippen LogP contribution in [0.25, 0.3) is 0 Å². The molecule has 1 N–H and O–H groups in total. The van der Waals surface area contributed by atoms with E-state index in [0.717, 1.165) is 6.42 Å². The van der Waals surface area contributed by atoms with Gasteiger partial charge >= 0.3 is 0 Å². The van der Waals surface area contributed by atoms with Gasteiger partial charge in [-0.1, -0.05) is 46.1 Å². The van der Waals surface area contributed by atoms with Crippen LogP contribution < -0.4 is 0 Å². The molecule has 3 rings (SSSR count). The zero-order chi connectivity index (χ0) is 15.7. The van der Waals surface area contributed by atoms with Crippen LogP contribution in [0.1, 0.15) is 64.0 Å². The summed E-state index contributed by atoms with van der Waals surface area (Å²) in [6, 6.07) is 6.72. The molecule has 0 radical (unpaired) electrons. The van der Waals surface area contributed by atoms with Crippen molar-refractivity contribution < 1.29 is 5.11 Å². The summed E-state index contributed by atoms with van der Waals surface area (Å²) in [5.74, 6) is 1.09. The largest absolute Gasteiger partial charge is 0.508 e. The molecule has 22 heavy (non-hydrogen) atoms. The Kier molecular flexibility index (Phi) is 4.49. The molecule has 1 heterocycles. The summed E-state index contributed by atoms with van der Waals surface area (Å²) in [6.45, 7) is 9.60. The number of fused-ring (bicyclic) bond motifs is 4. The van der Waals surface area contributed by atoms with Crippen LogP contribution in [0.4, 0.5) is 0 Å². The zero-order valence-electron chi connectivity index (χ0n) is 14.4. The van der Waals surface area contributed by atoms with E-state index in [1.807, 2.05) is 12.1 Å². The Morgan fingerprint density at radius 3 is 2.86 bits per heavy atom. The number of likely N-dealkylation sites (tertiary alicyclic amines) is 1. The number of phenolic OH excluding ortho intramolecular Hbond substituents is 1. The van der Waals surface area contributed by atoms with E-state index < -0.39 is 0 Å². The summed E-state index contributed by atoms with van der Waals surface area (Å²) in [4.78, 5) is 2.75. The summed E-state index contributed by atoms with van der Waals surface area (Å²) in [5, 5.41) is 9.89. The predicted molar refractivity (Wildman–Crippen MR) is 92.4 cm³/mol. The van der Waals surface area contributed by atoms with Gasteiger partial charge in [0.15, 0.2) is 0 Å². The van der Waals surface area contributed by atoms with Crippen LogP contribution in [-0.2, 0) is 11.8 Å². The minimum Gasteiger partial charge on any atom is -0.508 e. The van der Waals surface area contributed by atoms with Crippen molar-refractivity contribution in [2.45, 2.75) is 70.8 Å². The van der Waals surface area contributed by atoms with Crippen molar-refractivity contribution in [3.63, 3.8) is 0 Å². The molecule has 0 amide bonds. The standard InChI is InChI=1S/C20H31NO/c1-4-5-6-7-11-21-12-10-20(3)15(2)19(21)13-16-8-9-17(22)14-18(16)20/h8-9,14-15,19,22H,4-7,10-13H2,1-3H3/t15-,19?,20-/m1/s1. The normalized spacial score (nSPS) is 31.0. The highest BCUT2D eigenvalue weighted by molar-refractivity contribution is 5.44. The zero-order valence-corrected chi connectivity index (χ0v) is 14.4. The van der Waals surface area contributed by atoms with Gasteiger partial charge in [-0.3, -0.25) is 4.90 Å². The predicted octanol–water partition coefficient (Wildman–Crippen LogP) is 4.50. The first-order valence-corrected chi connectivity index (χ1v) is 9.12. The van der Waals surface area contributed by atoms with E-state index >= 15 is 0 Å². The van der Waals surface area contributed by atoms with Gasteiger partial charge in [0.1, 0.15) is 5.75 Å². The van der Waals surface area contributed by atoms with Crippen molar-refractivity contribution in [2.24, 2.45) is 5.92 Å². The van der Waals surface area contributed by atoms with Gasteiger partial charge in [0.25, 0.3) is 0 Å². The van der Waals surface area contributed by atoms with Gasteiger partial charge in [-0.05, 0) is 66.9 Å². The lowest BCUT2D eigenvalue weighted by Gasteiger charge is -2.54. The highest BCUT2D eigenvalue weighted by atomic mass is 16.3. The highest BCUT2D eigenvalue weighted by Gasteiger charge is 2.48. The molecule has 1 aromatic carbocycles. The number of hydrogen-bond acceptors (Lipinski definition) is 2. The van der Waals surface area contributed by atoms with Gasteiger partial charge < -0.3 is 5.11 Å². The fraction of sp³-hybridized carbons (Fsp3) is 0.700. The number of benzene rings is 1. The van der Waals surface area contributed by atoms with Crippen molar-refractivity contribution in [3.8, 4) is 5.75 Å². The Labute approximate surface area is 135 Å². The number of piperidine rings is 1. The van der Waals surface area contributed by atoms with Crippen molar-refractivity contribution in [1.29, 1.82) is 0 Å². The lowest BCUT2D eigenvalue weighted by Crippen LogP contribution is -2.58. The second kappa shape index (κ2) is 6.23. The Bertz CT molecular complexity index is 526. The molecule has 0 aromatic heterocycles. The SMILES string of the molecule is CCCCCCN1CC[C@@]2(C)c3cc(O)ccc3CC1[C@H]2C. The quantitative estimate of drug-likeness (QED) is 0.810. The molecule has 2 aliphatic rings. The monoisotopic (exact) mass is 301 g/mol. The van der Waals surface area contributed by atoms with E-state index in [1.54, 1.807) is 0 Å². The van der Waals surface area contributed by atoms with Crippen molar-refractivity contribution in [2.75, 3.05) is 13.1 Å². The lowest BCUT2D eigenvalue weighted by molar-refractivity contribution is 0.0303. The first kappa shape index (κ1) is 15.9. The van der Waals surface area contributed by atoms with Crippen molar-refractivity contribution >= 4 is 0 Å². The fourth-order valence-electron chi connectivity index (χ4n) is 4.71. The van der Waals surface area contributed by atoms with Gasteiger partial charge in [-0.2, -0.15) is 0 Å². The molecule has 1 aliphatic heterocycles. The maximum atomic E-state index is 9.89. The van der Waals surface area contributed by atoms with E-state index in [2.05, 4.69) is 31.7 Å². The van der Waals surface area contributed by atoms with Gasteiger partial charge in [0.05, 0.1) is 0 Å². The molecule has 1 saturated heterocycles. The fourth-order valence-corrected chi connectivity index (χ4v) is 4.71. The summed E-state index contributed by atoms with van der Waals surface area (Å²) < 4.78 is 0. The number of aromatic hydroxyl groups is 1. The Hall–Kier alpha value is -1.02. The summed E-state index contributed by atoms with van der Waals surface area (Å²) in [5.41, 5.74) is 3.10. The molecule has 2 bridgehead atoms. The average molecular weight is 301 g/mol. The van der Waals surface area contributed by atoms with Crippen LogP contribution in [0.2, 0.25) is 0 Å². The highest BCUT2D eigenvalue weighted by Crippen LogP contribution is 2.49. The molecule has 1 aromatic rings. The minimum atomic E-state index is 0.233. The number of unbranched alkanes of at least 4 members (excludes halogenated alkanes) is 3. The van der Waals surface area contributed by atoms with Crippen LogP contribution in [0.15, 0.2) is 18.2 Å². The van der Waals surface area contributed by atoms with Gasteiger partial charge in [0, 0.05) is 6.04 Å². The number of hydrogen-bond donors (Lipinski definition) is 1. The number of rotatable bonds is 5. The molecule has 122 valence electrons. The molecular formula is C20H31NO. The van der Waals surface area contributed by atoms with Crippen LogP contribution in [0.5, 0.6) is 5.75 Å². The first-order valence-electron chi connectivity index (χ1n) is 9.12. The van der Waals surface area contributed by atoms with E-state index in [4.69, 9.17) is 0 Å². The van der Waals surface area contributed by atoms with Crippen LogP contribution in [-0.4, -0.2) is 29.1 Å². The van der Waals surface area contributed by atoms with E-state index in [1.165, 1.54) is 56.3 Å². The number of nitrogens with zero attached hydrogens (tertiary/aromatic N) is 1. The molecule has 1 fully saturated rings. The molecule has 2 heteroatoms. The third-order valence-corrected chi connectivity index (χ3v) is 6.41.